The maximum atomic E-state index is 14.1. The van der Waals surface area contributed by atoms with Gasteiger partial charge < -0.3 is 44.6 Å². The number of methoxy groups -OCH3 is 1. The number of benzene rings is 2. The van der Waals surface area contributed by atoms with Crippen molar-refractivity contribution in [2.75, 3.05) is 40.0 Å². The molecule has 5 atom stereocenters. The summed E-state index contributed by atoms with van der Waals surface area (Å²) in [7, 11) is -2.76. The van der Waals surface area contributed by atoms with E-state index >= 15 is 0 Å². The molecule has 2 aromatic rings. The number of carbonyl (C=O) groups excluding carboxylic acids is 2. The average Bonchev–Trinajstić information content (AvgIpc) is 3.61. The van der Waals surface area contributed by atoms with Crippen LogP contribution in [-0.2, 0) is 30.7 Å². The number of sulfonamides is 1. The molecule has 14 heteroatoms. The number of fused-ring (bicyclic) bond motifs is 1. The van der Waals surface area contributed by atoms with Gasteiger partial charge in [0.15, 0.2) is 6.29 Å². The zero-order valence-electron chi connectivity index (χ0n) is 25.7. The molecule has 0 unspecified atom stereocenters. The molecule has 0 saturated carbocycles. The second-order valence-electron chi connectivity index (χ2n) is 12.1. The number of carbonyl (C=O) groups is 2. The van der Waals surface area contributed by atoms with Crippen LogP contribution < -0.4 is 15.6 Å². The van der Waals surface area contributed by atoms with Gasteiger partial charge in [0, 0.05) is 19.0 Å². The number of rotatable bonds is 15. The summed E-state index contributed by atoms with van der Waals surface area (Å²) in [6, 6.07) is 13.2. The first-order valence-corrected chi connectivity index (χ1v) is 16.3. The number of ether oxygens (including phenoxy) is 4. The third-order valence-corrected chi connectivity index (χ3v) is 10.2. The smallest absolute Gasteiger partial charge is 0.404 e. The van der Waals surface area contributed by atoms with Crippen LogP contribution in [0.25, 0.3) is 0 Å². The molecule has 2 saturated heterocycles. The Balaban J connectivity index is 1.69. The summed E-state index contributed by atoms with van der Waals surface area (Å²) in [6.07, 6.45) is -3.53. The fraction of sp³-hybridized carbons (Fsp3) is 0.548. The Kier molecular flexibility index (Phi) is 11.3. The van der Waals surface area contributed by atoms with Gasteiger partial charge in [-0.25, -0.2) is 13.2 Å². The molecule has 13 nitrogen and oxygen atoms in total. The van der Waals surface area contributed by atoms with Crippen LogP contribution in [0, 0.1) is 11.3 Å². The van der Waals surface area contributed by atoms with Crippen molar-refractivity contribution in [3.8, 4) is 5.75 Å². The minimum atomic E-state index is -4.22. The van der Waals surface area contributed by atoms with Crippen molar-refractivity contribution in [2.24, 2.45) is 17.1 Å². The molecular formula is C31H42N3O10S-. The summed E-state index contributed by atoms with van der Waals surface area (Å²) in [6.45, 7) is 3.51. The van der Waals surface area contributed by atoms with Crippen LogP contribution in [0.15, 0.2) is 59.5 Å². The van der Waals surface area contributed by atoms with E-state index in [1.807, 2.05) is 18.2 Å². The molecule has 2 amide bonds. The second kappa shape index (κ2) is 14.8. The molecule has 248 valence electrons. The quantitative estimate of drug-likeness (QED) is 0.288. The van der Waals surface area contributed by atoms with Gasteiger partial charge in [0.05, 0.1) is 50.0 Å². The molecule has 45 heavy (non-hydrogen) atoms. The summed E-state index contributed by atoms with van der Waals surface area (Å²) in [5.41, 5.74) is 5.11. The van der Waals surface area contributed by atoms with Crippen LogP contribution >= 0.6 is 0 Å². The van der Waals surface area contributed by atoms with Crippen molar-refractivity contribution in [3.05, 3.63) is 60.2 Å². The number of nitrogens with two attached hydrogens (primary N) is 1. The number of aliphatic hydroxyl groups is 1. The number of amides is 2. The van der Waals surface area contributed by atoms with Crippen molar-refractivity contribution in [2.45, 2.75) is 62.5 Å². The molecule has 2 aliphatic rings. The fourth-order valence-electron chi connectivity index (χ4n) is 5.98. The number of hydrogen-bond acceptors (Lipinski definition) is 10. The molecular weight excluding hydrogens is 606 g/mol. The summed E-state index contributed by atoms with van der Waals surface area (Å²) >= 11 is 0. The lowest BCUT2D eigenvalue weighted by Gasteiger charge is -2.43. The predicted octanol–water partition coefficient (Wildman–Crippen LogP) is 1.58. The monoisotopic (exact) mass is 648 g/mol. The molecule has 0 aliphatic carbocycles. The Morgan fingerprint density at radius 3 is 2.44 bits per heavy atom. The summed E-state index contributed by atoms with van der Waals surface area (Å²) < 4.78 is 50.8. The number of hydrogen-bond donors (Lipinski definition) is 2. The third-order valence-electron chi connectivity index (χ3n) is 8.38. The van der Waals surface area contributed by atoms with Gasteiger partial charge in [-0.3, -0.25) is 0 Å². The zero-order valence-corrected chi connectivity index (χ0v) is 26.6. The standard InChI is InChI=1S/C31H43N3O10S/c1-31(2,14-16-43-29(32)36)20-33(45(39,40)23-11-9-22(41-3)10-12-23)18-27(35)25(17-21-7-5-4-6-8-21)34(30(37)38)26-19-44-28-24(26)13-15-42-28/h4-12,24-28,35H,13-20H2,1-3H3,(H2,32,36)(H,37,38)/p-1/t24-,25-,26-,27+,28+/m0/s1. The highest BCUT2D eigenvalue weighted by atomic mass is 32.2. The zero-order chi connectivity index (χ0) is 32.8. The van der Waals surface area contributed by atoms with Crippen LogP contribution in [0.5, 0.6) is 5.75 Å². The molecule has 2 aliphatic heterocycles. The van der Waals surface area contributed by atoms with Gasteiger partial charge >= 0.3 is 6.09 Å². The summed E-state index contributed by atoms with van der Waals surface area (Å²) in [5.74, 6) is 0.210. The van der Waals surface area contributed by atoms with Crippen LogP contribution in [-0.4, -0.2) is 99.4 Å². The van der Waals surface area contributed by atoms with Crippen molar-refractivity contribution < 1.29 is 47.2 Å². The van der Waals surface area contributed by atoms with E-state index < -0.39 is 58.6 Å². The van der Waals surface area contributed by atoms with Crippen molar-refractivity contribution in [1.29, 1.82) is 0 Å². The van der Waals surface area contributed by atoms with E-state index in [9.17, 15) is 28.2 Å². The largest absolute Gasteiger partial charge is 0.530 e. The molecule has 2 heterocycles. The van der Waals surface area contributed by atoms with Crippen molar-refractivity contribution in [1.82, 2.24) is 9.21 Å². The van der Waals surface area contributed by atoms with E-state index in [1.165, 1.54) is 31.4 Å². The van der Waals surface area contributed by atoms with E-state index in [-0.39, 0.29) is 43.4 Å². The highest BCUT2D eigenvalue weighted by Crippen LogP contribution is 2.36. The Labute approximate surface area is 263 Å². The van der Waals surface area contributed by atoms with Crippen LogP contribution in [0.1, 0.15) is 32.3 Å². The lowest BCUT2D eigenvalue weighted by Crippen LogP contribution is -2.61. The second-order valence-corrected chi connectivity index (χ2v) is 14.1. The summed E-state index contributed by atoms with van der Waals surface area (Å²) in [4.78, 5) is 25.0. The van der Waals surface area contributed by atoms with E-state index in [2.05, 4.69) is 0 Å². The van der Waals surface area contributed by atoms with Gasteiger partial charge in [-0.15, -0.1) is 0 Å². The van der Waals surface area contributed by atoms with E-state index in [0.717, 1.165) is 14.8 Å². The number of nitrogens with zero attached hydrogens (tertiary/aromatic N) is 2. The first-order valence-electron chi connectivity index (χ1n) is 14.8. The minimum Gasteiger partial charge on any atom is -0.530 e. The van der Waals surface area contributed by atoms with Gasteiger partial charge in [0.2, 0.25) is 10.0 Å². The highest BCUT2D eigenvalue weighted by Gasteiger charge is 2.47. The normalized spacial score (nSPS) is 21.2. The van der Waals surface area contributed by atoms with Gasteiger partial charge in [-0.05, 0) is 54.5 Å². The van der Waals surface area contributed by atoms with Gasteiger partial charge in [0.1, 0.15) is 11.8 Å². The highest BCUT2D eigenvalue weighted by molar-refractivity contribution is 7.89. The third kappa shape index (κ3) is 8.64. The molecule has 0 spiro atoms. The van der Waals surface area contributed by atoms with Crippen molar-refractivity contribution >= 4 is 22.2 Å². The fourth-order valence-corrected chi connectivity index (χ4v) is 7.63. The van der Waals surface area contributed by atoms with E-state index in [4.69, 9.17) is 24.7 Å². The Bertz CT molecular complexity index is 1390. The number of carboxylic acid groups (broad SMARTS) is 1. The van der Waals surface area contributed by atoms with Gasteiger partial charge in [-0.1, -0.05) is 44.2 Å². The van der Waals surface area contributed by atoms with Crippen LogP contribution in [0.3, 0.4) is 0 Å². The SMILES string of the molecule is COc1ccc(S(=O)(=O)N(C[C@@H](O)[C@H](Cc2ccccc2)N(C(=O)[O-])[C@H]2CO[C@H]3OCC[C@H]32)CC(C)(C)CCOC(N)=O)cc1. The topological polar surface area (TPSA) is 181 Å². The predicted molar refractivity (Wildman–Crippen MR) is 160 cm³/mol. The maximum absolute atomic E-state index is 14.1. The molecule has 0 radical (unpaired) electrons. The average molecular weight is 649 g/mol. The lowest BCUT2D eigenvalue weighted by atomic mass is 9.89. The summed E-state index contributed by atoms with van der Waals surface area (Å²) in [5, 5.41) is 24.7. The van der Waals surface area contributed by atoms with Crippen LogP contribution in [0.4, 0.5) is 9.59 Å². The van der Waals surface area contributed by atoms with Gasteiger partial charge in [-0.2, -0.15) is 4.31 Å². The molecule has 3 N–H and O–H groups in total. The Morgan fingerprint density at radius 2 is 1.82 bits per heavy atom. The number of primary amides is 1. The molecule has 4 rings (SSSR count). The Hall–Kier alpha value is -3.43. The first kappa shape index (κ1) is 34.4. The molecule has 0 aromatic heterocycles. The van der Waals surface area contributed by atoms with E-state index in [0.29, 0.717) is 18.8 Å². The van der Waals surface area contributed by atoms with Crippen LogP contribution in [0.2, 0.25) is 0 Å². The van der Waals surface area contributed by atoms with Crippen molar-refractivity contribution in [3.63, 3.8) is 0 Å². The first-order chi connectivity index (χ1) is 21.3. The molecule has 2 aromatic carbocycles. The lowest BCUT2D eigenvalue weighted by molar-refractivity contribution is -0.273. The molecule has 2 fully saturated rings. The number of aliphatic hydroxyl groups excluding tert-OH is 1. The van der Waals surface area contributed by atoms with E-state index in [1.54, 1.807) is 26.0 Å². The van der Waals surface area contributed by atoms with Gasteiger partial charge in [0.25, 0.3) is 0 Å². The Morgan fingerprint density at radius 1 is 1.13 bits per heavy atom. The minimum absolute atomic E-state index is 0.0359. The molecule has 0 bridgehead atoms. The maximum Gasteiger partial charge on any atom is 0.404 e.